The Morgan fingerprint density at radius 1 is 1.21 bits per heavy atom. The smallest absolute Gasteiger partial charge is 0.330 e. The summed E-state index contributed by atoms with van der Waals surface area (Å²) < 4.78 is 10.2. The van der Waals surface area contributed by atoms with Gasteiger partial charge >= 0.3 is 5.97 Å². The lowest BCUT2D eigenvalue weighted by atomic mass is 10.1. The fourth-order valence-electron chi connectivity index (χ4n) is 2.04. The lowest BCUT2D eigenvalue weighted by molar-refractivity contribution is -0.134. The zero-order chi connectivity index (χ0) is 17.9. The van der Waals surface area contributed by atoms with E-state index >= 15 is 0 Å². The van der Waals surface area contributed by atoms with E-state index in [-0.39, 0.29) is 5.97 Å². The second kappa shape index (κ2) is 10.4. The van der Waals surface area contributed by atoms with Crippen LogP contribution in [0, 0.1) is 0 Å². The van der Waals surface area contributed by atoms with Gasteiger partial charge in [0, 0.05) is 6.08 Å². The molecule has 1 unspecified atom stereocenters. The van der Waals surface area contributed by atoms with Crippen LogP contribution in [0.5, 0.6) is 5.75 Å². The SMILES string of the molecule is COC(=O)/C=C\c1ccc(OC/C=C(\C)CC(O)C=C(C)C)cc1. The Morgan fingerprint density at radius 2 is 1.88 bits per heavy atom. The minimum Gasteiger partial charge on any atom is -0.490 e. The van der Waals surface area contributed by atoms with Gasteiger partial charge in [-0.1, -0.05) is 29.4 Å². The van der Waals surface area contributed by atoms with Crippen LogP contribution in [0.25, 0.3) is 6.08 Å². The molecule has 4 heteroatoms. The average molecular weight is 330 g/mol. The van der Waals surface area contributed by atoms with Gasteiger partial charge in [-0.05, 0) is 57.0 Å². The molecule has 0 amide bonds. The number of benzene rings is 1. The van der Waals surface area contributed by atoms with Crippen LogP contribution in [0.15, 0.2) is 53.6 Å². The minimum absolute atomic E-state index is 0.383. The molecule has 1 atom stereocenters. The molecule has 1 aromatic carbocycles. The Hall–Kier alpha value is -2.33. The highest BCUT2D eigenvalue weighted by Crippen LogP contribution is 2.14. The minimum atomic E-state index is -0.452. The zero-order valence-corrected chi connectivity index (χ0v) is 14.8. The Labute approximate surface area is 144 Å². The van der Waals surface area contributed by atoms with Gasteiger partial charge in [-0.15, -0.1) is 0 Å². The third-order valence-corrected chi connectivity index (χ3v) is 3.23. The first-order valence-electron chi connectivity index (χ1n) is 7.88. The number of aliphatic hydroxyl groups is 1. The van der Waals surface area contributed by atoms with E-state index in [1.807, 2.05) is 57.2 Å². The highest BCUT2D eigenvalue weighted by Gasteiger charge is 2.01. The monoisotopic (exact) mass is 330 g/mol. The molecular formula is C20H26O4. The molecule has 0 aliphatic rings. The van der Waals surface area contributed by atoms with Crippen LogP contribution < -0.4 is 4.74 Å². The van der Waals surface area contributed by atoms with Crippen molar-refractivity contribution in [3.8, 4) is 5.75 Å². The summed E-state index contributed by atoms with van der Waals surface area (Å²) in [5.41, 5.74) is 3.08. The fourth-order valence-corrected chi connectivity index (χ4v) is 2.04. The Balaban J connectivity index is 2.47. The standard InChI is InChI=1S/C20H26O4/c1-15(2)13-18(21)14-16(3)11-12-24-19-8-5-17(6-9-19)7-10-20(22)23-4/h5-11,13,18,21H,12,14H2,1-4H3/b10-7-,16-11+. The maximum absolute atomic E-state index is 11.0. The predicted octanol–water partition coefficient (Wildman–Crippen LogP) is 3.92. The number of allylic oxidation sites excluding steroid dienone is 1. The molecule has 130 valence electrons. The molecule has 0 bridgehead atoms. The third-order valence-electron chi connectivity index (χ3n) is 3.23. The quantitative estimate of drug-likeness (QED) is 0.446. The van der Waals surface area contributed by atoms with Crippen molar-refractivity contribution < 1.29 is 19.4 Å². The normalized spacial score (nSPS) is 12.8. The van der Waals surface area contributed by atoms with Gasteiger partial charge in [-0.3, -0.25) is 0 Å². The second-order valence-electron chi connectivity index (χ2n) is 5.80. The Morgan fingerprint density at radius 3 is 2.46 bits per heavy atom. The molecule has 4 nitrogen and oxygen atoms in total. The summed E-state index contributed by atoms with van der Waals surface area (Å²) in [7, 11) is 1.35. The van der Waals surface area contributed by atoms with Crippen LogP contribution in [0.1, 0.15) is 32.8 Å². The summed E-state index contributed by atoms with van der Waals surface area (Å²) in [5, 5.41) is 9.85. The summed E-state index contributed by atoms with van der Waals surface area (Å²) in [6.07, 6.45) is 7.02. The van der Waals surface area contributed by atoms with E-state index in [0.717, 1.165) is 22.5 Å². The van der Waals surface area contributed by atoms with Gasteiger partial charge in [-0.2, -0.15) is 0 Å². The molecule has 0 aliphatic carbocycles. The predicted molar refractivity (Wildman–Crippen MR) is 96.8 cm³/mol. The van der Waals surface area contributed by atoms with E-state index in [2.05, 4.69) is 4.74 Å². The molecule has 0 saturated carbocycles. The maximum Gasteiger partial charge on any atom is 0.330 e. The van der Waals surface area contributed by atoms with E-state index in [4.69, 9.17) is 4.74 Å². The van der Waals surface area contributed by atoms with Crippen LogP contribution in [-0.2, 0) is 9.53 Å². The number of rotatable bonds is 8. The number of carbonyl (C=O) groups is 1. The van der Waals surface area contributed by atoms with Gasteiger partial charge in [0.15, 0.2) is 0 Å². The van der Waals surface area contributed by atoms with E-state index in [1.165, 1.54) is 13.2 Å². The summed E-state index contributed by atoms with van der Waals surface area (Å²) in [6.45, 7) is 6.36. The van der Waals surface area contributed by atoms with Gasteiger partial charge in [0.25, 0.3) is 0 Å². The number of hydrogen-bond acceptors (Lipinski definition) is 4. The van der Waals surface area contributed by atoms with Gasteiger partial charge in [-0.25, -0.2) is 4.79 Å². The topological polar surface area (TPSA) is 55.8 Å². The largest absolute Gasteiger partial charge is 0.490 e. The average Bonchev–Trinajstić information content (AvgIpc) is 2.52. The maximum atomic E-state index is 11.0. The fraction of sp³-hybridized carbons (Fsp3) is 0.350. The first kappa shape index (κ1) is 19.7. The van der Waals surface area contributed by atoms with Crippen molar-refractivity contribution in [2.75, 3.05) is 13.7 Å². The Bertz CT molecular complexity index is 605. The molecule has 0 saturated heterocycles. The summed E-state index contributed by atoms with van der Waals surface area (Å²) in [6, 6.07) is 7.42. The van der Waals surface area contributed by atoms with Crippen molar-refractivity contribution >= 4 is 12.0 Å². The number of aliphatic hydroxyl groups excluding tert-OH is 1. The molecule has 0 aliphatic heterocycles. The third kappa shape index (κ3) is 8.34. The number of carbonyl (C=O) groups excluding carboxylic acids is 1. The van der Waals surface area contributed by atoms with Crippen molar-refractivity contribution in [3.05, 3.63) is 59.2 Å². The molecule has 24 heavy (non-hydrogen) atoms. The summed E-state index contributed by atoms with van der Waals surface area (Å²) >= 11 is 0. The van der Waals surface area contributed by atoms with Crippen molar-refractivity contribution in [2.24, 2.45) is 0 Å². The molecule has 0 spiro atoms. The van der Waals surface area contributed by atoms with Crippen LogP contribution in [-0.4, -0.2) is 30.9 Å². The molecule has 1 rings (SSSR count). The first-order chi connectivity index (χ1) is 11.4. The summed E-state index contributed by atoms with van der Waals surface area (Å²) in [4.78, 5) is 11.0. The number of methoxy groups -OCH3 is 1. The van der Waals surface area contributed by atoms with Crippen LogP contribution in [0.4, 0.5) is 0 Å². The lowest BCUT2D eigenvalue weighted by Gasteiger charge is -2.08. The van der Waals surface area contributed by atoms with E-state index in [9.17, 15) is 9.90 Å². The van der Waals surface area contributed by atoms with E-state index in [0.29, 0.717) is 13.0 Å². The summed E-state index contributed by atoms with van der Waals surface area (Å²) in [5.74, 6) is 0.366. The van der Waals surface area contributed by atoms with Crippen LogP contribution in [0.3, 0.4) is 0 Å². The number of esters is 1. The van der Waals surface area contributed by atoms with Crippen LogP contribution >= 0.6 is 0 Å². The van der Waals surface area contributed by atoms with Gasteiger partial charge in [0.2, 0.25) is 0 Å². The van der Waals surface area contributed by atoms with Gasteiger partial charge in [0.1, 0.15) is 12.4 Å². The van der Waals surface area contributed by atoms with Crippen molar-refractivity contribution in [1.29, 1.82) is 0 Å². The number of ether oxygens (including phenoxy) is 2. The van der Waals surface area contributed by atoms with E-state index in [1.54, 1.807) is 6.08 Å². The second-order valence-corrected chi connectivity index (χ2v) is 5.80. The zero-order valence-electron chi connectivity index (χ0n) is 14.8. The first-order valence-corrected chi connectivity index (χ1v) is 7.88. The Kier molecular flexibility index (Phi) is 8.58. The molecule has 1 aromatic rings. The highest BCUT2D eigenvalue weighted by atomic mass is 16.5. The molecule has 0 fully saturated rings. The van der Waals surface area contributed by atoms with Crippen molar-refractivity contribution in [1.82, 2.24) is 0 Å². The highest BCUT2D eigenvalue weighted by molar-refractivity contribution is 5.86. The molecule has 0 radical (unpaired) electrons. The van der Waals surface area contributed by atoms with Crippen LogP contribution in [0.2, 0.25) is 0 Å². The lowest BCUT2D eigenvalue weighted by Crippen LogP contribution is -2.04. The molecule has 1 N–H and O–H groups in total. The molecule has 0 aromatic heterocycles. The number of hydrogen-bond donors (Lipinski definition) is 1. The molecular weight excluding hydrogens is 304 g/mol. The molecule has 0 heterocycles. The van der Waals surface area contributed by atoms with Gasteiger partial charge < -0.3 is 14.6 Å². The van der Waals surface area contributed by atoms with Gasteiger partial charge in [0.05, 0.1) is 13.2 Å². The van der Waals surface area contributed by atoms with Crippen molar-refractivity contribution in [3.63, 3.8) is 0 Å². The van der Waals surface area contributed by atoms with Crippen molar-refractivity contribution in [2.45, 2.75) is 33.3 Å². The van der Waals surface area contributed by atoms with E-state index < -0.39 is 6.10 Å².